The summed E-state index contributed by atoms with van der Waals surface area (Å²) in [4.78, 5) is 0. The first-order valence-electron chi connectivity index (χ1n) is 3.35. The van der Waals surface area contributed by atoms with Gasteiger partial charge in [0.15, 0.2) is 0 Å². The summed E-state index contributed by atoms with van der Waals surface area (Å²) in [5.41, 5.74) is 9.81. The maximum absolute atomic E-state index is 8.74. The minimum absolute atomic E-state index is 0. The Morgan fingerprint density at radius 3 is 0.714 bits per heavy atom. The predicted molar refractivity (Wildman–Crippen MR) is 53.2 cm³/mol. The van der Waals surface area contributed by atoms with Crippen molar-refractivity contribution in [2.24, 2.45) is 11.5 Å². The maximum atomic E-state index is 8.74. The van der Waals surface area contributed by atoms with Crippen LogP contribution in [-0.2, 0) is 65.3 Å². The summed E-state index contributed by atoms with van der Waals surface area (Å²) in [5, 5.41) is 0. The van der Waals surface area contributed by atoms with Gasteiger partial charge in [-0.05, 0) is 0 Å². The van der Waals surface area contributed by atoms with Gasteiger partial charge in [-0.3, -0.25) is 25.9 Å². The Morgan fingerprint density at radius 2 is 0.714 bits per heavy atom. The van der Waals surface area contributed by atoms with E-state index in [2.05, 4.69) is 0 Å². The van der Waals surface area contributed by atoms with E-state index < -0.39 is 31.2 Å². The molecule has 0 atom stereocenters. The molecule has 0 saturated carbocycles. The summed E-state index contributed by atoms with van der Waals surface area (Å²) in [6, 6.07) is 0. The van der Waals surface area contributed by atoms with Gasteiger partial charge in [0.1, 0.15) is 0 Å². The quantitative estimate of drug-likeness (QED) is 0.163. The number of rotatable bonds is 1. The molecular weight excluding hydrogens is 450 g/mol. The normalized spacial score (nSPS) is 9.71. The van der Waals surface area contributed by atoms with Gasteiger partial charge in [-0.15, -0.1) is 0 Å². The van der Waals surface area contributed by atoms with E-state index >= 15 is 0 Å². The zero-order valence-corrected chi connectivity index (χ0v) is 14.3. The second-order valence-corrected chi connectivity index (χ2v) is 4.37. The summed E-state index contributed by atoms with van der Waals surface area (Å²) < 4.78 is 99.7. The number of nitrogens with two attached hydrogens (primary N) is 2. The average molecular weight is 460 g/mol. The van der Waals surface area contributed by atoms with Crippen molar-refractivity contribution < 1.29 is 86.7 Å². The minimum Gasteiger partial charge on any atom is -0.759 e. The van der Waals surface area contributed by atoms with Crippen molar-refractivity contribution in [3.8, 4) is 0 Å². The van der Waals surface area contributed by atoms with Gasteiger partial charge in [0.2, 0.25) is 0 Å². The fourth-order valence-electron chi connectivity index (χ4n) is 0. The van der Waals surface area contributed by atoms with E-state index in [-0.39, 0.29) is 34.1 Å². The van der Waals surface area contributed by atoms with Crippen LogP contribution in [0, 0.1) is 0 Å². The van der Waals surface area contributed by atoms with Crippen LogP contribution in [-0.4, -0.2) is 65.7 Å². The van der Waals surface area contributed by atoms with E-state index in [1.165, 1.54) is 0 Å². The number of hydrogen-bond donors (Lipinski definition) is 4. The molecule has 0 rings (SSSR count). The molecule has 0 aromatic heterocycles. The molecule has 14 nitrogen and oxygen atoms in total. The molecular formula is C2H10Mn2N2O12S3. The molecule has 0 aliphatic rings. The standard InChI is InChI=1S/C2H8N2.2Mn.3H2O4S/c3-1-2-4;;;3*1-5(2,3)4/h1-4H2;;;3*(H2,1,2,3,4)/q;2*+2;;;/p-4. The van der Waals surface area contributed by atoms with Crippen molar-refractivity contribution in [3.05, 3.63) is 0 Å². The Morgan fingerprint density at radius 1 is 0.667 bits per heavy atom. The average Bonchev–Trinajstić information content (AvgIpc) is 1.93. The molecule has 0 aromatic rings. The van der Waals surface area contributed by atoms with Gasteiger partial charge in [0.05, 0.1) is 0 Å². The van der Waals surface area contributed by atoms with Gasteiger partial charge in [0, 0.05) is 33.9 Å². The summed E-state index contributed by atoms with van der Waals surface area (Å²) in [6.45, 7) is 1.19. The van der Waals surface area contributed by atoms with Crippen LogP contribution >= 0.6 is 0 Å². The molecule has 0 saturated heterocycles. The third-order valence-corrected chi connectivity index (χ3v) is 0.167. The van der Waals surface area contributed by atoms with E-state index in [4.69, 9.17) is 64.0 Å². The second-order valence-electron chi connectivity index (χ2n) is 1.84. The minimum atomic E-state index is -5.17. The van der Waals surface area contributed by atoms with Crippen LogP contribution < -0.4 is 11.5 Å². The third kappa shape index (κ3) is 2880. The van der Waals surface area contributed by atoms with Gasteiger partial charge in [-0.1, -0.05) is 0 Å². The molecule has 0 heterocycles. The van der Waals surface area contributed by atoms with Crippen LogP contribution in [0.1, 0.15) is 0 Å². The van der Waals surface area contributed by atoms with E-state index in [9.17, 15) is 0 Å². The first-order valence-corrected chi connectivity index (χ1v) is 7.41. The first kappa shape index (κ1) is 37.6. The second kappa shape index (κ2) is 18.6. The summed E-state index contributed by atoms with van der Waals surface area (Å²) in [7, 11) is -15.0. The SMILES string of the molecule is NCCN.O=S(=O)(O)O.O=S(=O)([O-])[O-].O=S(=O)([O-])[O-].[Mn+2].[Mn+2]. The van der Waals surface area contributed by atoms with Crippen molar-refractivity contribution in [2.45, 2.75) is 0 Å². The Bertz CT molecular complexity index is 385. The van der Waals surface area contributed by atoms with E-state index in [1.54, 1.807) is 0 Å². The van der Waals surface area contributed by atoms with E-state index in [1.807, 2.05) is 0 Å². The molecule has 0 fully saturated rings. The van der Waals surface area contributed by atoms with Gasteiger partial charge in [0.25, 0.3) is 0 Å². The van der Waals surface area contributed by atoms with Crippen molar-refractivity contribution in [3.63, 3.8) is 0 Å². The van der Waals surface area contributed by atoms with Crippen molar-refractivity contribution >= 4 is 31.2 Å². The molecule has 0 spiro atoms. The Kier molecular flexibility index (Phi) is 33.4. The van der Waals surface area contributed by atoms with Gasteiger partial charge in [-0.2, -0.15) is 8.42 Å². The molecule has 6 N–H and O–H groups in total. The molecule has 0 bridgehead atoms. The van der Waals surface area contributed by atoms with E-state index in [0.717, 1.165) is 0 Å². The molecule has 0 aliphatic carbocycles. The monoisotopic (exact) mass is 460 g/mol. The zero-order valence-electron chi connectivity index (χ0n) is 9.53. The van der Waals surface area contributed by atoms with E-state index in [0.29, 0.717) is 13.1 Å². The smallest absolute Gasteiger partial charge is 0.759 e. The molecule has 0 amide bonds. The first-order chi connectivity index (χ1) is 7.91. The Hall–Kier alpha value is 0.569. The van der Waals surface area contributed by atoms with Gasteiger partial charge >= 0.3 is 44.5 Å². The fourth-order valence-corrected chi connectivity index (χ4v) is 0. The zero-order chi connectivity index (χ0) is 16.9. The predicted octanol–water partition coefficient (Wildman–Crippen LogP) is -4.43. The molecule has 21 heavy (non-hydrogen) atoms. The fraction of sp³-hybridized carbons (Fsp3) is 1.00. The van der Waals surface area contributed by atoms with Crippen LogP contribution in [0.4, 0.5) is 0 Å². The van der Waals surface area contributed by atoms with Crippen LogP contribution in [0.25, 0.3) is 0 Å². The topological polar surface area (TPSA) is 287 Å². The van der Waals surface area contributed by atoms with Crippen LogP contribution in [0.2, 0.25) is 0 Å². The largest absolute Gasteiger partial charge is 2.00 e. The van der Waals surface area contributed by atoms with Crippen molar-refractivity contribution in [2.75, 3.05) is 13.1 Å². The Labute approximate surface area is 142 Å². The summed E-state index contributed by atoms with van der Waals surface area (Å²) >= 11 is 0. The van der Waals surface area contributed by atoms with Crippen LogP contribution in [0.5, 0.6) is 0 Å². The molecule has 19 heteroatoms. The third-order valence-electron chi connectivity index (χ3n) is 0.167. The van der Waals surface area contributed by atoms with Crippen LogP contribution in [0.3, 0.4) is 0 Å². The van der Waals surface area contributed by atoms with Gasteiger partial charge in [-0.25, -0.2) is 0 Å². The van der Waals surface area contributed by atoms with Crippen LogP contribution in [0.15, 0.2) is 0 Å². The molecule has 2 radical (unpaired) electrons. The molecule has 132 valence electrons. The number of hydrogen-bond acceptors (Lipinski definition) is 12. The molecule has 0 aliphatic heterocycles. The van der Waals surface area contributed by atoms with Crippen molar-refractivity contribution in [1.29, 1.82) is 0 Å². The summed E-state index contributed by atoms with van der Waals surface area (Å²) in [5.74, 6) is 0. The molecule has 0 unspecified atom stereocenters. The van der Waals surface area contributed by atoms with Gasteiger partial charge < -0.3 is 29.7 Å². The van der Waals surface area contributed by atoms with Crippen molar-refractivity contribution in [1.82, 2.24) is 0 Å². The Balaban J connectivity index is -0.0000000347. The molecule has 0 aromatic carbocycles. The summed E-state index contributed by atoms with van der Waals surface area (Å²) in [6.07, 6.45) is 0. The maximum Gasteiger partial charge on any atom is 2.00 e.